The Morgan fingerprint density at radius 2 is 1.86 bits per heavy atom. The van der Waals surface area contributed by atoms with E-state index in [1.807, 2.05) is 0 Å². The minimum absolute atomic E-state index is 0.727. The second kappa shape index (κ2) is 6.23. The molecule has 0 radical (unpaired) electrons. The lowest BCUT2D eigenvalue weighted by molar-refractivity contribution is 0.250. The lowest BCUT2D eigenvalue weighted by Gasteiger charge is -2.25. The molecule has 82 valence electrons. The van der Waals surface area contributed by atoms with Crippen molar-refractivity contribution in [3.05, 3.63) is 11.6 Å². The van der Waals surface area contributed by atoms with Gasteiger partial charge >= 0.3 is 0 Å². The van der Waals surface area contributed by atoms with Crippen molar-refractivity contribution in [3.63, 3.8) is 0 Å². The Labute approximate surface area is 89.2 Å². The number of rotatable bonds is 4. The summed E-state index contributed by atoms with van der Waals surface area (Å²) in [5, 5.41) is 0. The molecule has 0 spiro atoms. The highest BCUT2D eigenvalue weighted by Crippen LogP contribution is 2.14. The molecule has 0 unspecified atom stereocenters. The highest BCUT2D eigenvalue weighted by Gasteiger charge is 2.08. The van der Waals surface area contributed by atoms with Gasteiger partial charge in [-0.2, -0.15) is 0 Å². The van der Waals surface area contributed by atoms with Crippen LogP contribution in [0.5, 0.6) is 0 Å². The quantitative estimate of drug-likeness (QED) is 0.621. The van der Waals surface area contributed by atoms with E-state index in [-0.39, 0.29) is 0 Å². The van der Waals surface area contributed by atoms with E-state index in [0.717, 1.165) is 5.92 Å². The molecule has 1 saturated heterocycles. The topological polar surface area (TPSA) is 3.24 Å². The third-order valence-corrected chi connectivity index (χ3v) is 3.21. The molecule has 0 aromatic carbocycles. The van der Waals surface area contributed by atoms with Gasteiger partial charge in [0.05, 0.1) is 0 Å². The molecule has 0 N–H and O–H groups in total. The van der Waals surface area contributed by atoms with E-state index in [0.29, 0.717) is 0 Å². The molecule has 0 saturated carbocycles. The lowest BCUT2D eigenvalue weighted by Crippen LogP contribution is -2.29. The van der Waals surface area contributed by atoms with E-state index in [1.54, 1.807) is 5.57 Å². The monoisotopic (exact) mass is 195 g/mol. The number of allylic oxidation sites excluding steroid dienone is 1. The standard InChI is InChI=1S/C13H25N/c1-4-13(12(2)3)8-11-14-9-6-5-7-10-14/h8,12H,4-7,9-11H2,1-3H3/b13-8-. The van der Waals surface area contributed by atoms with Gasteiger partial charge in [-0.15, -0.1) is 0 Å². The summed E-state index contributed by atoms with van der Waals surface area (Å²) < 4.78 is 0. The first-order valence-corrected chi connectivity index (χ1v) is 6.15. The lowest BCUT2D eigenvalue weighted by atomic mass is 10.0. The average molecular weight is 195 g/mol. The van der Waals surface area contributed by atoms with Crippen LogP contribution >= 0.6 is 0 Å². The first kappa shape index (κ1) is 11.8. The fraction of sp³-hybridized carbons (Fsp3) is 0.846. The van der Waals surface area contributed by atoms with Crippen molar-refractivity contribution in [2.24, 2.45) is 5.92 Å². The molecule has 1 heteroatoms. The molecule has 1 aliphatic rings. The molecule has 1 nitrogen and oxygen atoms in total. The Kier molecular flexibility index (Phi) is 5.24. The highest BCUT2D eigenvalue weighted by atomic mass is 15.1. The molecular weight excluding hydrogens is 170 g/mol. The van der Waals surface area contributed by atoms with E-state index in [1.165, 1.54) is 45.3 Å². The third-order valence-electron chi connectivity index (χ3n) is 3.21. The van der Waals surface area contributed by atoms with Crippen LogP contribution < -0.4 is 0 Å². The van der Waals surface area contributed by atoms with Crippen molar-refractivity contribution in [1.82, 2.24) is 4.90 Å². The molecule has 0 aromatic rings. The van der Waals surface area contributed by atoms with Crippen LogP contribution in [0, 0.1) is 5.92 Å². The van der Waals surface area contributed by atoms with Crippen molar-refractivity contribution < 1.29 is 0 Å². The number of nitrogens with zero attached hydrogens (tertiary/aromatic N) is 1. The van der Waals surface area contributed by atoms with Crippen molar-refractivity contribution in [2.75, 3.05) is 19.6 Å². The minimum atomic E-state index is 0.727. The van der Waals surface area contributed by atoms with E-state index in [2.05, 4.69) is 31.7 Å². The third kappa shape index (κ3) is 3.83. The van der Waals surface area contributed by atoms with Gasteiger partial charge in [-0.3, -0.25) is 4.90 Å². The van der Waals surface area contributed by atoms with Crippen LogP contribution in [0.2, 0.25) is 0 Å². The van der Waals surface area contributed by atoms with Crippen LogP contribution in [0.4, 0.5) is 0 Å². The molecule has 0 aliphatic carbocycles. The van der Waals surface area contributed by atoms with Gasteiger partial charge in [0.1, 0.15) is 0 Å². The minimum Gasteiger partial charge on any atom is -0.300 e. The van der Waals surface area contributed by atoms with Crippen LogP contribution in [0.1, 0.15) is 46.5 Å². The fourth-order valence-electron chi connectivity index (χ4n) is 2.18. The molecule has 1 fully saturated rings. The number of hydrogen-bond acceptors (Lipinski definition) is 1. The Balaban J connectivity index is 2.34. The first-order chi connectivity index (χ1) is 6.74. The van der Waals surface area contributed by atoms with Crippen LogP contribution in [0.3, 0.4) is 0 Å². The van der Waals surface area contributed by atoms with Crippen LogP contribution in [0.15, 0.2) is 11.6 Å². The van der Waals surface area contributed by atoms with Crippen LogP contribution in [-0.2, 0) is 0 Å². The van der Waals surface area contributed by atoms with Gasteiger partial charge in [-0.1, -0.05) is 38.8 Å². The fourth-order valence-corrected chi connectivity index (χ4v) is 2.18. The Hall–Kier alpha value is -0.300. The zero-order valence-electron chi connectivity index (χ0n) is 10.1. The largest absolute Gasteiger partial charge is 0.300 e. The normalized spacial score (nSPS) is 20.4. The van der Waals surface area contributed by atoms with E-state index >= 15 is 0 Å². The van der Waals surface area contributed by atoms with Gasteiger partial charge in [-0.25, -0.2) is 0 Å². The zero-order chi connectivity index (χ0) is 10.4. The molecule has 1 aliphatic heterocycles. The molecule has 14 heavy (non-hydrogen) atoms. The molecule has 1 heterocycles. The van der Waals surface area contributed by atoms with Crippen LogP contribution in [0.25, 0.3) is 0 Å². The maximum absolute atomic E-state index is 2.58. The van der Waals surface area contributed by atoms with E-state index in [9.17, 15) is 0 Å². The molecular formula is C13H25N. The second-order valence-corrected chi connectivity index (χ2v) is 4.65. The number of hydrogen-bond donors (Lipinski definition) is 0. The number of likely N-dealkylation sites (tertiary alicyclic amines) is 1. The van der Waals surface area contributed by atoms with Gasteiger partial charge < -0.3 is 0 Å². The van der Waals surface area contributed by atoms with Crippen molar-refractivity contribution in [3.8, 4) is 0 Å². The summed E-state index contributed by atoms with van der Waals surface area (Å²) in [4.78, 5) is 2.58. The predicted molar refractivity (Wildman–Crippen MR) is 63.5 cm³/mol. The second-order valence-electron chi connectivity index (χ2n) is 4.65. The SMILES string of the molecule is CC/C(=C/CN1CCCCC1)C(C)C. The van der Waals surface area contributed by atoms with Crippen molar-refractivity contribution >= 4 is 0 Å². The zero-order valence-corrected chi connectivity index (χ0v) is 10.1. The van der Waals surface area contributed by atoms with Gasteiger partial charge in [0.2, 0.25) is 0 Å². The number of piperidine rings is 1. The Morgan fingerprint density at radius 3 is 2.36 bits per heavy atom. The highest BCUT2D eigenvalue weighted by molar-refractivity contribution is 5.05. The molecule has 0 atom stereocenters. The van der Waals surface area contributed by atoms with Gasteiger partial charge in [0, 0.05) is 6.54 Å². The van der Waals surface area contributed by atoms with Gasteiger partial charge in [-0.05, 0) is 38.3 Å². The summed E-state index contributed by atoms with van der Waals surface area (Å²) in [6, 6.07) is 0. The molecule has 0 aromatic heterocycles. The summed E-state index contributed by atoms with van der Waals surface area (Å²) in [6.45, 7) is 10.7. The summed E-state index contributed by atoms with van der Waals surface area (Å²) in [7, 11) is 0. The van der Waals surface area contributed by atoms with E-state index < -0.39 is 0 Å². The summed E-state index contributed by atoms with van der Waals surface area (Å²) in [6.07, 6.45) is 7.90. The predicted octanol–water partition coefficient (Wildman–Crippen LogP) is 3.46. The molecule has 1 rings (SSSR count). The summed E-state index contributed by atoms with van der Waals surface area (Å²) >= 11 is 0. The van der Waals surface area contributed by atoms with Gasteiger partial charge in [0.25, 0.3) is 0 Å². The van der Waals surface area contributed by atoms with Crippen molar-refractivity contribution in [2.45, 2.75) is 46.5 Å². The van der Waals surface area contributed by atoms with E-state index in [4.69, 9.17) is 0 Å². The first-order valence-electron chi connectivity index (χ1n) is 6.15. The Bertz CT molecular complexity index is 176. The van der Waals surface area contributed by atoms with Crippen LogP contribution in [-0.4, -0.2) is 24.5 Å². The molecule has 0 bridgehead atoms. The maximum Gasteiger partial charge on any atom is 0.0165 e. The maximum atomic E-state index is 2.58. The average Bonchev–Trinajstić information content (AvgIpc) is 2.20. The summed E-state index contributed by atoms with van der Waals surface area (Å²) in [5.41, 5.74) is 1.62. The summed E-state index contributed by atoms with van der Waals surface area (Å²) in [5.74, 6) is 0.727. The Morgan fingerprint density at radius 1 is 1.21 bits per heavy atom. The smallest absolute Gasteiger partial charge is 0.0165 e. The molecule has 0 amide bonds. The van der Waals surface area contributed by atoms with Gasteiger partial charge in [0.15, 0.2) is 0 Å². The van der Waals surface area contributed by atoms with Crippen molar-refractivity contribution in [1.29, 1.82) is 0 Å².